The number of aromatic nitrogens is 2. The van der Waals surface area contributed by atoms with Gasteiger partial charge < -0.3 is 15.4 Å². The van der Waals surface area contributed by atoms with E-state index in [1.165, 1.54) is 6.07 Å². The molecule has 1 aromatic heterocycles. The van der Waals surface area contributed by atoms with Gasteiger partial charge in [-0.1, -0.05) is 0 Å². The zero-order chi connectivity index (χ0) is 20.1. The molecular formula is C15H23N7O4S. The molecule has 0 aliphatic carbocycles. The van der Waals surface area contributed by atoms with E-state index in [0.717, 1.165) is 0 Å². The minimum atomic E-state index is -0.467. The number of ether oxygens (including phenoxy) is 1. The Kier molecular flexibility index (Phi) is 10.2. The highest BCUT2D eigenvalue weighted by molar-refractivity contribution is 7.80. The van der Waals surface area contributed by atoms with Gasteiger partial charge >= 0.3 is 11.2 Å². The summed E-state index contributed by atoms with van der Waals surface area (Å²) in [4.78, 5) is 41.0. The van der Waals surface area contributed by atoms with Crippen LogP contribution < -0.4 is 21.5 Å². The van der Waals surface area contributed by atoms with E-state index in [0.29, 0.717) is 44.5 Å². The lowest BCUT2D eigenvalue weighted by Gasteiger charge is -2.08. The molecule has 0 saturated carbocycles. The van der Waals surface area contributed by atoms with Crippen molar-refractivity contribution in [3.63, 3.8) is 0 Å². The second-order valence-corrected chi connectivity index (χ2v) is 5.85. The summed E-state index contributed by atoms with van der Waals surface area (Å²) in [6.45, 7) is 2.81. The van der Waals surface area contributed by atoms with E-state index in [2.05, 4.69) is 43.3 Å². The van der Waals surface area contributed by atoms with Crippen molar-refractivity contribution in [2.45, 2.75) is 32.6 Å². The van der Waals surface area contributed by atoms with E-state index in [1.807, 2.05) is 0 Å². The molecular weight excluding hydrogens is 374 g/mol. The van der Waals surface area contributed by atoms with Gasteiger partial charge in [-0.2, -0.15) is 0 Å². The first-order valence-corrected chi connectivity index (χ1v) is 8.75. The minimum absolute atomic E-state index is 0.0888. The molecule has 0 saturated heterocycles. The third kappa shape index (κ3) is 10.6. The molecule has 0 unspecified atom stereocenters. The number of nitrogens with zero attached hydrogens (tertiary/aromatic N) is 2. The summed E-state index contributed by atoms with van der Waals surface area (Å²) in [7, 11) is 0. The number of hydrogen-bond donors (Lipinski definition) is 5. The molecule has 0 atom stereocenters. The number of amides is 3. The first kappa shape index (κ1) is 22.2. The van der Waals surface area contributed by atoms with Gasteiger partial charge in [-0.15, -0.1) is 5.11 Å². The maximum atomic E-state index is 11.7. The highest BCUT2D eigenvalue weighted by atomic mass is 32.1. The fourth-order valence-corrected chi connectivity index (χ4v) is 2.07. The van der Waals surface area contributed by atoms with Crippen molar-refractivity contribution in [3.05, 3.63) is 22.1 Å². The summed E-state index contributed by atoms with van der Waals surface area (Å²) in [5.41, 5.74) is 6.77. The number of H-pyrrole nitrogens is 1. The van der Waals surface area contributed by atoms with Crippen molar-refractivity contribution in [2.75, 3.05) is 25.0 Å². The average molecular weight is 397 g/mol. The molecule has 3 amide bonds. The lowest BCUT2D eigenvalue weighted by atomic mass is 10.3. The molecule has 0 aromatic carbocycles. The van der Waals surface area contributed by atoms with E-state index >= 15 is 0 Å². The highest BCUT2D eigenvalue weighted by Crippen LogP contribution is 1.96. The Bertz CT molecular complexity index is 722. The van der Waals surface area contributed by atoms with E-state index in [9.17, 15) is 14.4 Å². The van der Waals surface area contributed by atoms with Gasteiger partial charge in [0.1, 0.15) is 0 Å². The molecule has 1 heterocycles. The van der Waals surface area contributed by atoms with Gasteiger partial charge in [0.25, 0.3) is 5.56 Å². The van der Waals surface area contributed by atoms with Crippen molar-refractivity contribution in [3.8, 4) is 0 Å². The number of rotatable bonds is 10. The van der Waals surface area contributed by atoms with Gasteiger partial charge in [-0.25, -0.2) is 15.3 Å². The fraction of sp³-hybridized carbons (Fsp3) is 0.533. The monoisotopic (exact) mass is 397 g/mol. The second-order valence-electron chi connectivity index (χ2n) is 5.50. The van der Waals surface area contributed by atoms with Gasteiger partial charge in [-0.05, 0) is 38.4 Å². The van der Waals surface area contributed by atoms with E-state index < -0.39 is 6.03 Å². The number of thiocarbonyl (C=S) groups is 1. The average Bonchev–Trinajstić information content (AvgIpc) is 2.60. The van der Waals surface area contributed by atoms with E-state index in [4.69, 9.17) is 10.3 Å². The summed E-state index contributed by atoms with van der Waals surface area (Å²) in [5.74, 6) is -0.0154. The molecule has 0 aliphatic heterocycles. The predicted molar refractivity (Wildman–Crippen MR) is 102 cm³/mol. The van der Waals surface area contributed by atoms with Crippen LogP contribution in [0.1, 0.15) is 31.4 Å². The Morgan fingerprint density at radius 1 is 1.30 bits per heavy atom. The van der Waals surface area contributed by atoms with Crippen molar-refractivity contribution >= 4 is 35.3 Å². The topological polar surface area (TPSA) is 161 Å². The predicted octanol–water partition coefficient (Wildman–Crippen LogP) is 1.21. The Balaban J connectivity index is 2.05. The number of nitrogens with one attached hydrogen (secondary N) is 5. The van der Waals surface area contributed by atoms with Crippen LogP contribution in [0.4, 0.5) is 10.7 Å². The number of unbranched alkanes of at least 4 members (excludes halogenated alkanes) is 1. The van der Waals surface area contributed by atoms with Gasteiger partial charge in [0.2, 0.25) is 11.9 Å². The summed E-state index contributed by atoms with van der Waals surface area (Å²) in [6, 6.07) is 0.859. The van der Waals surface area contributed by atoms with Crippen molar-refractivity contribution in [2.24, 2.45) is 5.11 Å². The quantitative estimate of drug-likeness (QED) is 0.226. The van der Waals surface area contributed by atoms with Crippen LogP contribution in [0.5, 0.6) is 0 Å². The normalized spacial score (nSPS) is 9.96. The van der Waals surface area contributed by atoms with Crippen LogP contribution in [-0.2, 0) is 9.53 Å². The largest absolute Gasteiger partial charge is 0.468 e. The minimum Gasteiger partial charge on any atom is -0.468 e. The third-order valence-electron chi connectivity index (χ3n) is 3.18. The van der Waals surface area contributed by atoms with Gasteiger partial charge in [0, 0.05) is 31.3 Å². The lowest BCUT2D eigenvalue weighted by Crippen LogP contribution is -2.31. The van der Waals surface area contributed by atoms with Crippen LogP contribution in [0.25, 0.3) is 0 Å². The van der Waals surface area contributed by atoms with Crippen LogP contribution in [0, 0.1) is 12.5 Å². The number of anilines is 1. The third-order valence-corrected chi connectivity index (χ3v) is 3.39. The maximum absolute atomic E-state index is 11.7. The molecule has 0 bridgehead atoms. The molecule has 0 aliphatic rings. The van der Waals surface area contributed by atoms with E-state index in [-0.39, 0.29) is 29.2 Å². The Hall–Kier alpha value is -2.89. The first-order valence-electron chi connectivity index (χ1n) is 8.34. The molecule has 0 spiro atoms. The summed E-state index contributed by atoms with van der Waals surface area (Å²) < 4.78 is 4.90. The van der Waals surface area contributed by atoms with Crippen LogP contribution in [-0.4, -0.2) is 46.8 Å². The molecule has 1 aromatic rings. The van der Waals surface area contributed by atoms with Crippen LogP contribution in [0.15, 0.2) is 16.0 Å². The molecule has 1 rings (SSSR count). The summed E-state index contributed by atoms with van der Waals surface area (Å²) in [5, 5.41) is 10.6. The second kappa shape index (κ2) is 12.5. The van der Waals surface area contributed by atoms with Gasteiger partial charge in [0.15, 0.2) is 0 Å². The van der Waals surface area contributed by atoms with Crippen molar-refractivity contribution in [1.29, 1.82) is 5.53 Å². The number of urea groups is 1. The van der Waals surface area contributed by atoms with Crippen LogP contribution >= 0.6 is 12.2 Å². The maximum Gasteiger partial charge on any atom is 0.321 e. The number of carbonyl (C=O) groups excluding carboxylic acids is 2. The zero-order valence-corrected chi connectivity index (χ0v) is 15.8. The molecule has 148 valence electrons. The standard InChI is InChI=1S/C15H23N7O4S/c1-10-9-12(24)20-13(19-10)21-14(25)18-7-3-2-6-17-11(23)5-4-8-26-15(27)22-16/h9,16H,2-8H2,1H3,(H,17,23)(H3,18,19,20,21,24,25). The fourth-order valence-electron chi connectivity index (χ4n) is 1.98. The van der Waals surface area contributed by atoms with Gasteiger partial charge in [0.05, 0.1) is 6.61 Å². The number of aryl methyl sites for hydroxylation is 1. The molecule has 0 radical (unpaired) electrons. The molecule has 5 N–H and O–H groups in total. The van der Waals surface area contributed by atoms with Crippen LogP contribution in [0.3, 0.4) is 0 Å². The number of carbonyl (C=O) groups is 2. The van der Waals surface area contributed by atoms with Crippen LogP contribution in [0.2, 0.25) is 0 Å². The SMILES string of the molecule is Cc1cc(=O)[nH]c(NC(=O)NCCCCNC(=O)CCCOC(=S)N=N)n1. The Morgan fingerprint density at radius 3 is 2.67 bits per heavy atom. The molecule has 0 fully saturated rings. The lowest BCUT2D eigenvalue weighted by molar-refractivity contribution is -0.121. The van der Waals surface area contributed by atoms with E-state index in [1.54, 1.807) is 6.92 Å². The molecule has 12 heteroatoms. The van der Waals surface area contributed by atoms with Crippen molar-refractivity contribution < 1.29 is 14.3 Å². The van der Waals surface area contributed by atoms with Crippen molar-refractivity contribution in [1.82, 2.24) is 20.6 Å². The first-order chi connectivity index (χ1) is 12.9. The Morgan fingerprint density at radius 2 is 2.00 bits per heavy atom. The molecule has 27 heavy (non-hydrogen) atoms. The molecule has 11 nitrogen and oxygen atoms in total. The summed E-state index contributed by atoms with van der Waals surface area (Å²) >= 11 is 4.58. The zero-order valence-electron chi connectivity index (χ0n) is 15.0. The smallest absolute Gasteiger partial charge is 0.321 e. The Labute approximate surface area is 161 Å². The van der Waals surface area contributed by atoms with Gasteiger partial charge in [-0.3, -0.25) is 19.9 Å². The summed E-state index contributed by atoms with van der Waals surface area (Å²) in [6.07, 6.45) is 2.15. The highest BCUT2D eigenvalue weighted by Gasteiger charge is 2.04. The number of aromatic amines is 1. The number of hydrogen-bond acceptors (Lipinski definition) is 7.